The second-order valence-corrected chi connectivity index (χ2v) is 5.69. The van der Waals surface area contributed by atoms with Crippen LogP contribution in [0.15, 0.2) is 29.6 Å². The zero-order chi connectivity index (χ0) is 15.0. The Morgan fingerprint density at radius 1 is 1.24 bits per heavy atom. The summed E-state index contributed by atoms with van der Waals surface area (Å²) in [7, 11) is 1.48. The van der Waals surface area contributed by atoms with Gasteiger partial charge in [0.1, 0.15) is 6.07 Å². The number of amides is 2. The van der Waals surface area contributed by atoms with Crippen molar-refractivity contribution in [2.24, 2.45) is 0 Å². The highest BCUT2D eigenvalue weighted by Crippen LogP contribution is 2.25. The quantitative estimate of drug-likeness (QED) is 0.883. The van der Waals surface area contributed by atoms with Gasteiger partial charge >= 0.3 is 0 Å². The van der Waals surface area contributed by atoms with Gasteiger partial charge in [-0.05, 0) is 24.3 Å². The zero-order valence-electron chi connectivity index (χ0n) is 11.2. The first kappa shape index (κ1) is 13.3. The second kappa shape index (κ2) is 5.04. The van der Waals surface area contributed by atoms with E-state index in [-0.39, 0.29) is 11.8 Å². The Bertz CT molecular complexity index is 788. The van der Waals surface area contributed by atoms with Crippen LogP contribution < -0.4 is 5.32 Å². The van der Waals surface area contributed by atoms with Crippen LogP contribution in [-0.2, 0) is 6.54 Å². The lowest BCUT2D eigenvalue weighted by atomic mass is 10.1. The number of carbonyl (C=O) groups excluding carboxylic acids is 2. The predicted molar refractivity (Wildman–Crippen MR) is 79.2 cm³/mol. The second-order valence-electron chi connectivity index (χ2n) is 4.70. The molecule has 1 aromatic carbocycles. The van der Waals surface area contributed by atoms with Crippen LogP contribution >= 0.6 is 11.3 Å². The number of fused-ring (bicyclic) bond motifs is 1. The van der Waals surface area contributed by atoms with Crippen LogP contribution in [0.1, 0.15) is 31.2 Å². The van der Waals surface area contributed by atoms with Crippen molar-refractivity contribution < 1.29 is 9.59 Å². The van der Waals surface area contributed by atoms with E-state index in [1.807, 2.05) is 6.07 Å². The predicted octanol–water partition coefficient (Wildman–Crippen LogP) is 2.46. The van der Waals surface area contributed by atoms with Gasteiger partial charge in [0.15, 0.2) is 0 Å². The van der Waals surface area contributed by atoms with Gasteiger partial charge in [-0.3, -0.25) is 14.5 Å². The molecular formula is C15H11N3O2S. The summed E-state index contributed by atoms with van der Waals surface area (Å²) < 4.78 is 0. The van der Waals surface area contributed by atoms with Crippen molar-refractivity contribution in [1.29, 1.82) is 5.26 Å². The summed E-state index contributed by atoms with van der Waals surface area (Å²) in [5.74, 6) is -0.542. The molecule has 104 valence electrons. The number of imide groups is 1. The van der Waals surface area contributed by atoms with E-state index in [0.29, 0.717) is 23.2 Å². The van der Waals surface area contributed by atoms with Gasteiger partial charge in [0.25, 0.3) is 11.8 Å². The molecule has 0 saturated heterocycles. The number of anilines is 1. The molecule has 0 aliphatic carbocycles. The van der Waals surface area contributed by atoms with Crippen molar-refractivity contribution in [1.82, 2.24) is 4.90 Å². The summed E-state index contributed by atoms with van der Waals surface area (Å²) in [5.41, 5.74) is 2.29. The fourth-order valence-electron chi connectivity index (χ4n) is 2.19. The minimum absolute atomic E-state index is 0.265. The van der Waals surface area contributed by atoms with Crippen molar-refractivity contribution >= 4 is 28.8 Å². The summed E-state index contributed by atoms with van der Waals surface area (Å²) in [6, 6.07) is 9.05. The van der Waals surface area contributed by atoms with E-state index >= 15 is 0 Å². The first-order valence-corrected chi connectivity index (χ1v) is 7.16. The number of carbonyl (C=O) groups is 2. The minimum Gasteiger partial charge on any atom is -0.380 e. The topological polar surface area (TPSA) is 73.2 Å². The maximum absolute atomic E-state index is 11.9. The number of rotatable bonds is 3. The van der Waals surface area contributed by atoms with E-state index in [1.165, 1.54) is 18.4 Å². The molecule has 6 heteroatoms. The molecule has 1 aliphatic rings. The maximum Gasteiger partial charge on any atom is 0.261 e. The molecule has 0 radical (unpaired) electrons. The normalized spacial score (nSPS) is 13.2. The molecule has 0 spiro atoms. The Hall–Kier alpha value is -2.65. The molecule has 0 bridgehead atoms. The fraction of sp³-hybridized carbons (Fsp3) is 0.133. The van der Waals surface area contributed by atoms with Crippen LogP contribution in [0, 0.1) is 11.3 Å². The van der Waals surface area contributed by atoms with E-state index in [9.17, 15) is 9.59 Å². The molecule has 1 N–H and O–H groups in total. The molecular weight excluding hydrogens is 286 g/mol. The SMILES string of the molecule is CN1C(=O)c2ccc(NCc3cc(C#N)cs3)cc2C1=O. The molecule has 0 fully saturated rings. The van der Waals surface area contributed by atoms with Crippen molar-refractivity contribution in [3.05, 3.63) is 51.2 Å². The number of nitrogens with one attached hydrogen (secondary N) is 1. The van der Waals surface area contributed by atoms with Gasteiger partial charge in [-0.25, -0.2) is 0 Å². The van der Waals surface area contributed by atoms with Crippen LogP contribution in [-0.4, -0.2) is 23.8 Å². The Kier molecular flexibility index (Phi) is 3.20. The van der Waals surface area contributed by atoms with Crippen LogP contribution in [0.25, 0.3) is 0 Å². The zero-order valence-corrected chi connectivity index (χ0v) is 12.0. The van der Waals surface area contributed by atoms with Crippen LogP contribution in [0.3, 0.4) is 0 Å². The first-order chi connectivity index (χ1) is 10.1. The van der Waals surface area contributed by atoms with Gasteiger partial charge in [0.05, 0.1) is 16.7 Å². The van der Waals surface area contributed by atoms with Crippen LogP contribution in [0.5, 0.6) is 0 Å². The standard InChI is InChI=1S/C15H11N3O2S/c1-18-14(19)12-3-2-10(5-13(12)15(18)20)17-7-11-4-9(6-16)8-21-11/h2-5,8,17H,7H2,1H3. The van der Waals surface area contributed by atoms with E-state index in [1.54, 1.807) is 23.6 Å². The number of nitriles is 1. The molecule has 5 nitrogen and oxygen atoms in total. The third-order valence-electron chi connectivity index (χ3n) is 3.34. The molecule has 3 rings (SSSR count). The first-order valence-electron chi connectivity index (χ1n) is 6.28. The molecule has 1 aromatic heterocycles. The van der Waals surface area contributed by atoms with Gasteiger partial charge in [-0.2, -0.15) is 5.26 Å². The van der Waals surface area contributed by atoms with Gasteiger partial charge in [-0.15, -0.1) is 11.3 Å². The lowest BCUT2D eigenvalue weighted by molar-refractivity contribution is 0.0693. The molecule has 0 atom stereocenters. The van der Waals surface area contributed by atoms with E-state index < -0.39 is 0 Å². The largest absolute Gasteiger partial charge is 0.380 e. The van der Waals surface area contributed by atoms with Crippen LogP contribution in [0.4, 0.5) is 5.69 Å². The summed E-state index contributed by atoms with van der Waals surface area (Å²) in [6.45, 7) is 0.573. The highest BCUT2D eigenvalue weighted by atomic mass is 32.1. The third kappa shape index (κ3) is 2.28. The number of benzene rings is 1. The number of thiophene rings is 1. The summed E-state index contributed by atoms with van der Waals surface area (Å²) >= 11 is 1.51. The molecule has 21 heavy (non-hydrogen) atoms. The van der Waals surface area contributed by atoms with E-state index in [0.717, 1.165) is 15.5 Å². The maximum atomic E-state index is 11.9. The Balaban J connectivity index is 1.78. The Morgan fingerprint density at radius 2 is 2.00 bits per heavy atom. The van der Waals surface area contributed by atoms with Gasteiger partial charge < -0.3 is 5.32 Å². The molecule has 2 aromatic rings. The molecule has 0 saturated carbocycles. The third-order valence-corrected chi connectivity index (χ3v) is 4.28. The van der Waals surface area contributed by atoms with Crippen molar-refractivity contribution in [3.63, 3.8) is 0 Å². The summed E-state index contributed by atoms with van der Waals surface area (Å²) in [5, 5.41) is 13.8. The highest BCUT2D eigenvalue weighted by molar-refractivity contribution is 7.10. The Labute approximate surface area is 125 Å². The highest BCUT2D eigenvalue weighted by Gasteiger charge is 2.32. The van der Waals surface area contributed by atoms with Crippen LogP contribution in [0.2, 0.25) is 0 Å². The average molecular weight is 297 g/mol. The van der Waals surface area contributed by atoms with E-state index in [2.05, 4.69) is 11.4 Å². The molecule has 1 aliphatic heterocycles. The van der Waals surface area contributed by atoms with Crippen molar-refractivity contribution in [3.8, 4) is 6.07 Å². The summed E-state index contributed by atoms with van der Waals surface area (Å²) in [6.07, 6.45) is 0. The van der Waals surface area contributed by atoms with Crippen molar-refractivity contribution in [2.45, 2.75) is 6.54 Å². The number of nitrogens with zero attached hydrogens (tertiary/aromatic N) is 2. The number of hydrogen-bond acceptors (Lipinski definition) is 5. The minimum atomic E-state index is -0.276. The van der Waals surface area contributed by atoms with Crippen molar-refractivity contribution in [2.75, 3.05) is 12.4 Å². The van der Waals surface area contributed by atoms with E-state index in [4.69, 9.17) is 5.26 Å². The lowest BCUT2D eigenvalue weighted by Crippen LogP contribution is -2.24. The average Bonchev–Trinajstić information content (AvgIpc) is 3.05. The Morgan fingerprint density at radius 3 is 2.71 bits per heavy atom. The molecule has 2 amide bonds. The monoisotopic (exact) mass is 297 g/mol. The van der Waals surface area contributed by atoms with Gasteiger partial charge in [0.2, 0.25) is 0 Å². The number of hydrogen-bond donors (Lipinski definition) is 1. The lowest BCUT2D eigenvalue weighted by Gasteiger charge is -2.05. The summed E-state index contributed by atoms with van der Waals surface area (Å²) in [4.78, 5) is 25.9. The molecule has 0 unspecified atom stereocenters. The van der Waals surface area contributed by atoms with Gasteiger partial charge in [0, 0.05) is 29.5 Å². The molecule has 2 heterocycles. The fourth-order valence-corrected chi connectivity index (χ4v) is 2.94. The van der Waals surface area contributed by atoms with Gasteiger partial charge in [-0.1, -0.05) is 0 Å². The smallest absolute Gasteiger partial charge is 0.261 e.